The molecule has 0 bridgehead atoms. The number of aryl methyl sites for hydroxylation is 1. The summed E-state index contributed by atoms with van der Waals surface area (Å²) >= 11 is 0. The van der Waals surface area contributed by atoms with Gasteiger partial charge in [-0.25, -0.2) is 23.1 Å². The SMILES string of the molecule is Cc1cc(C(F)(F)F)ccc1OC[C@H]1N(C(=O)c2cc(F)ccc2-c2ncccn2)CCC1(F)F. The molecule has 2 aromatic carbocycles. The van der Waals surface area contributed by atoms with Crippen LogP contribution in [0.25, 0.3) is 11.4 Å². The van der Waals surface area contributed by atoms with Crippen molar-refractivity contribution >= 4 is 5.91 Å². The van der Waals surface area contributed by atoms with Gasteiger partial charge in [0, 0.05) is 30.9 Å². The molecule has 0 N–H and O–H groups in total. The van der Waals surface area contributed by atoms with E-state index in [1.807, 2.05) is 0 Å². The molecule has 1 saturated heterocycles. The number of rotatable bonds is 5. The molecule has 184 valence electrons. The van der Waals surface area contributed by atoms with Crippen LogP contribution < -0.4 is 4.74 Å². The molecule has 0 spiro atoms. The van der Waals surface area contributed by atoms with Crippen LogP contribution in [0.3, 0.4) is 0 Å². The first kappa shape index (κ1) is 24.5. The fraction of sp³-hybridized carbons (Fsp3) is 0.292. The maximum Gasteiger partial charge on any atom is 0.416 e. The number of aromatic nitrogens is 2. The molecule has 35 heavy (non-hydrogen) atoms. The van der Waals surface area contributed by atoms with Crippen molar-refractivity contribution in [3.63, 3.8) is 0 Å². The van der Waals surface area contributed by atoms with Gasteiger partial charge in [-0.15, -0.1) is 0 Å². The fourth-order valence-corrected chi connectivity index (χ4v) is 3.91. The molecule has 1 aliphatic heterocycles. The summed E-state index contributed by atoms with van der Waals surface area (Å²) in [6.07, 6.45) is -2.36. The molecule has 1 aliphatic rings. The van der Waals surface area contributed by atoms with E-state index in [1.54, 1.807) is 6.07 Å². The average molecular weight is 495 g/mol. The normalized spacial score (nSPS) is 17.5. The van der Waals surface area contributed by atoms with Gasteiger partial charge >= 0.3 is 6.18 Å². The summed E-state index contributed by atoms with van der Waals surface area (Å²) < 4.78 is 87.6. The summed E-state index contributed by atoms with van der Waals surface area (Å²) in [4.78, 5) is 22.3. The maximum absolute atomic E-state index is 14.7. The molecule has 11 heteroatoms. The van der Waals surface area contributed by atoms with E-state index < -0.39 is 48.5 Å². The number of alkyl halides is 5. The summed E-state index contributed by atoms with van der Waals surface area (Å²) in [5, 5.41) is 0. The number of halogens is 6. The number of nitrogens with zero attached hydrogens (tertiary/aromatic N) is 3. The zero-order valence-corrected chi connectivity index (χ0v) is 18.3. The van der Waals surface area contributed by atoms with E-state index in [4.69, 9.17) is 4.74 Å². The molecule has 1 atom stereocenters. The summed E-state index contributed by atoms with van der Waals surface area (Å²) in [5.74, 6) is -4.83. The van der Waals surface area contributed by atoms with Crippen molar-refractivity contribution in [2.24, 2.45) is 0 Å². The minimum absolute atomic E-state index is 0.0165. The second-order valence-corrected chi connectivity index (χ2v) is 8.08. The monoisotopic (exact) mass is 495 g/mol. The van der Waals surface area contributed by atoms with Crippen molar-refractivity contribution in [1.82, 2.24) is 14.9 Å². The van der Waals surface area contributed by atoms with Crippen LogP contribution in [-0.2, 0) is 6.18 Å². The lowest BCUT2D eigenvalue weighted by molar-refractivity contribution is -0.137. The van der Waals surface area contributed by atoms with Crippen LogP contribution in [0.1, 0.15) is 27.9 Å². The number of benzene rings is 2. The zero-order chi connectivity index (χ0) is 25.4. The number of ether oxygens (including phenoxy) is 1. The Labute approximate surface area is 196 Å². The number of carbonyl (C=O) groups is 1. The predicted octanol–water partition coefficient (Wildman–Crippen LogP) is 5.54. The Hall–Kier alpha value is -3.63. The molecule has 4 rings (SSSR count). The molecule has 0 saturated carbocycles. The highest BCUT2D eigenvalue weighted by Crippen LogP contribution is 2.37. The van der Waals surface area contributed by atoms with E-state index >= 15 is 0 Å². The maximum atomic E-state index is 14.7. The van der Waals surface area contributed by atoms with Gasteiger partial charge in [-0.1, -0.05) is 0 Å². The van der Waals surface area contributed by atoms with E-state index in [0.29, 0.717) is 0 Å². The molecule has 0 radical (unpaired) electrons. The molecule has 5 nitrogen and oxygen atoms in total. The average Bonchev–Trinajstić information content (AvgIpc) is 3.11. The molecule has 1 amide bonds. The Kier molecular flexibility index (Phi) is 6.44. The molecule has 1 aromatic heterocycles. The minimum atomic E-state index is -4.56. The highest BCUT2D eigenvalue weighted by atomic mass is 19.4. The fourth-order valence-electron chi connectivity index (χ4n) is 3.91. The van der Waals surface area contributed by atoms with Crippen molar-refractivity contribution in [3.8, 4) is 17.1 Å². The van der Waals surface area contributed by atoms with Crippen molar-refractivity contribution in [1.29, 1.82) is 0 Å². The van der Waals surface area contributed by atoms with E-state index in [-0.39, 0.29) is 34.8 Å². The van der Waals surface area contributed by atoms with Crippen LogP contribution in [0.15, 0.2) is 54.9 Å². The van der Waals surface area contributed by atoms with Gasteiger partial charge in [0.25, 0.3) is 11.8 Å². The molecule has 0 aliphatic carbocycles. The van der Waals surface area contributed by atoms with Crippen molar-refractivity contribution in [3.05, 3.63) is 77.4 Å². The van der Waals surface area contributed by atoms with Crippen LogP contribution in [0.5, 0.6) is 5.75 Å². The molecule has 1 fully saturated rings. The van der Waals surface area contributed by atoms with Crippen LogP contribution in [-0.4, -0.2) is 45.9 Å². The second-order valence-electron chi connectivity index (χ2n) is 8.08. The lowest BCUT2D eigenvalue weighted by atomic mass is 10.0. The van der Waals surface area contributed by atoms with Crippen molar-refractivity contribution in [2.75, 3.05) is 13.2 Å². The summed E-state index contributed by atoms with van der Waals surface area (Å²) in [6.45, 7) is 0.369. The second kappa shape index (κ2) is 9.20. The minimum Gasteiger partial charge on any atom is -0.491 e. The van der Waals surface area contributed by atoms with Gasteiger partial charge < -0.3 is 9.64 Å². The summed E-state index contributed by atoms with van der Waals surface area (Å²) in [5.41, 5.74) is -0.810. The topological polar surface area (TPSA) is 55.3 Å². The number of carbonyl (C=O) groups excluding carboxylic acids is 1. The molecular weight excluding hydrogens is 476 g/mol. The molecule has 0 unspecified atom stereocenters. The Morgan fingerprint density at radius 2 is 1.86 bits per heavy atom. The molecular formula is C24H19F6N3O2. The Morgan fingerprint density at radius 1 is 1.14 bits per heavy atom. The smallest absolute Gasteiger partial charge is 0.416 e. The van der Waals surface area contributed by atoms with Crippen LogP contribution >= 0.6 is 0 Å². The van der Waals surface area contributed by atoms with Crippen LogP contribution in [0, 0.1) is 12.7 Å². The van der Waals surface area contributed by atoms with Gasteiger partial charge in [0.2, 0.25) is 0 Å². The van der Waals surface area contributed by atoms with Gasteiger partial charge in [-0.05, 0) is 55.0 Å². The number of hydrogen-bond acceptors (Lipinski definition) is 4. The van der Waals surface area contributed by atoms with Gasteiger partial charge in [0.15, 0.2) is 5.82 Å². The summed E-state index contributed by atoms with van der Waals surface area (Å²) in [7, 11) is 0. The van der Waals surface area contributed by atoms with E-state index in [1.165, 1.54) is 25.4 Å². The first-order chi connectivity index (χ1) is 16.5. The van der Waals surface area contributed by atoms with Crippen molar-refractivity contribution in [2.45, 2.75) is 31.5 Å². The van der Waals surface area contributed by atoms with E-state index in [2.05, 4.69) is 9.97 Å². The third-order valence-electron chi connectivity index (χ3n) is 5.73. The Morgan fingerprint density at radius 3 is 2.51 bits per heavy atom. The van der Waals surface area contributed by atoms with Gasteiger partial charge in [0.05, 0.1) is 11.1 Å². The first-order valence-corrected chi connectivity index (χ1v) is 10.5. The largest absolute Gasteiger partial charge is 0.491 e. The highest BCUT2D eigenvalue weighted by Gasteiger charge is 2.51. The van der Waals surface area contributed by atoms with Crippen LogP contribution in [0.4, 0.5) is 26.3 Å². The first-order valence-electron chi connectivity index (χ1n) is 10.5. The molecule has 3 aromatic rings. The van der Waals surface area contributed by atoms with Gasteiger partial charge in [0.1, 0.15) is 24.2 Å². The van der Waals surface area contributed by atoms with E-state index in [0.717, 1.165) is 35.2 Å². The lowest BCUT2D eigenvalue weighted by Gasteiger charge is -2.28. The summed E-state index contributed by atoms with van der Waals surface area (Å²) in [6, 6.07) is 5.85. The third kappa shape index (κ3) is 5.08. The van der Waals surface area contributed by atoms with Gasteiger partial charge in [-0.3, -0.25) is 4.79 Å². The zero-order valence-electron chi connectivity index (χ0n) is 18.3. The number of hydrogen-bond donors (Lipinski definition) is 0. The number of amides is 1. The van der Waals surface area contributed by atoms with E-state index in [9.17, 15) is 31.1 Å². The predicted molar refractivity (Wildman–Crippen MR) is 113 cm³/mol. The number of likely N-dealkylation sites (tertiary alicyclic amines) is 1. The quantitative estimate of drug-likeness (QED) is 0.437. The third-order valence-corrected chi connectivity index (χ3v) is 5.73. The Bertz CT molecular complexity index is 1230. The van der Waals surface area contributed by atoms with Crippen LogP contribution in [0.2, 0.25) is 0 Å². The standard InChI is InChI=1S/C24H19F6N3O2/c1-14-11-15(24(28,29)30)3-6-19(14)35-13-20-23(26,27)7-10-33(20)22(34)18-12-16(25)4-5-17(18)21-31-8-2-9-32-21/h2-6,8-9,11-12,20H,7,10,13H2,1H3/t20-/m1/s1. The van der Waals surface area contributed by atoms with Crippen molar-refractivity contribution < 1.29 is 35.9 Å². The van der Waals surface area contributed by atoms with Gasteiger partial charge in [-0.2, -0.15) is 13.2 Å². The Balaban J connectivity index is 1.60. The highest BCUT2D eigenvalue weighted by molar-refractivity contribution is 6.00. The lowest BCUT2D eigenvalue weighted by Crippen LogP contribution is -2.46. The molecule has 2 heterocycles.